The zero-order valence-corrected chi connectivity index (χ0v) is 10.6. The molecule has 2 heteroatoms. The summed E-state index contributed by atoms with van der Waals surface area (Å²) in [4.78, 5) is 0. The van der Waals surface area contributed by atoms with Crippen LogP contribution in [0, 0.1) is 6.08 Å². The minimum atomic E-state index is 0. The molecule has 0 saturated heterocycles. The fraction of sp³-hybridized carbons (Fsp3) is 0.0909. The summed E-state index contributed by atoms with van der Waals surface area (Å²) < 4.78 is 0. The first-order valence-electron chi connectivity index (χ1n) is 3.86. The van der Waals surface area contributed by atoms with E-state index in [4.69, 9.17) is 0 Å². The molecule has 0 spiro atoms. The van der Waals surface area contributed by atoms with Gasteiger partial charge in [0.05, 0.1) is 0 Å². The molecule has 13 heavy (non-hydrogen) atoms. The molecule has 1 aliphatic heterocycles. The average molecular weight is 247 g/mol. The summed E-state index contributed by atoms with van der Waals surface area (Å²) in [5.74, 6) is 0. The van der Waals surface area contributed by atoms with Gasteiger partial charge in [-0.15, -0.1) is 5.57 Å². The van der Waals surface area contributed by atoms with E-state index >= 15 is 0 Å². The van der Waals surface area contributed by atoms with Crippen LogP contribution in [0.25, 0.3) is 0 Å². The van der Waals surface area contributed by atoms with Crippen LogP contribution in [0.3, 0.4) is 0 Å². The first-order valence-corrected chi connectivity index (χ1v) is 3.86. The van der Waals surface area contributed by atoms with Crippen LogP contribution in [0.1, 0.15) is 6.92 Å². The van der Waals surface area contributed by atoms with Gasteiger partial charge in [-0.05, 0) is 12.3 Å². The molecule has 1 heterocycles. The van der Waals surface area contributed by atoms with Gasteiger partial charge in [0.25, 0.3) is 0 Å². The minimum Gasteiger partial charge on any atom is -0.413 e. The Morgan fingerprint density at radius 3 is 2.85 bits per heavy atom. The normalized spacial score (nSPS) is 17.9. The van der Waals surface area contributed by atoms with Crippen molar-refractivity contribution in [2.75, 3.05) is 0 Å². The van der Waals surface area contributed by atoms with E-state index in [0.29, 0.717) is 0 Å². The number of allylic oxidation sites excluding steroid dienone is 7. The van der Waals surface area contributed by atoms with Crippen molar-refractivity contribution in [3.05, 3.63) is 60.5 Å². The van der Waals surface area contributed by atoms with E-state index < -0.39 is 0 Å². The Labute approximate surface area is 105 Å². The van der Waals surface area contributed by atoms with Crippen molar-refractivity contribution in [2.24, 2.45) is 0 Å². The van der Waals surface area contributed by atoms with Crippen LogP contribution in [0.2, 0.25) is 0 Å². The van der Waals surface area contributed by atoms with Gasteiger partial charge in [0.2, 0.25) is 0 Å². The van der Waals surface area contributed by atoms with E-state index in [2.05, 4.69) is 18.0 Å². The molecule has 0 saturated carbocycles. The summed E-state index contributed by atoms with van der Waals surface area (Å²) in [6.07, 6.45) is 14.5. The van der Waals surface area contributed by atoms with Crippen LogP contribution < -0.4 is 5.32 Å². The number of hydrogen-bond donors (Lipinski definition) is 1. The standard InChI is InChI=1S/C11H12N.Y/c1-3-4-7-10(2)11-8-5-6-9-12-11;/h3-6,8-9,12H,1H2,2H3;/q-1;/b11-10-;. The molecule has 1 radical (unpaired) electrons. The quantitative estimate of drug-likeness (QED) is 0.584. The van der Waals surface area contributed by atoms with E-state index in [1.807, 2.05) is 31.4 Å². The SMILES string of the molecule is C=CC=[C-]/C(C)=C1/C=CC=CN1.[Y]. The van der Waals surface area contributed by atoms with Crippen LogP contribution in [0.4, 0.5) is 0 Å². The number of hydrogen-bond acceptors (Lipinski definition) is 1. The van der Waals surface area contributed by atoms with Crippen LogP contribution in [-0.2, 0) is 32.7 Å². The summed E-state index contributed by atoms with van der Waals surface area (Å²) >= 11 is 0. The molecular weight excluding hydrogens is 235 g/mol. The maximum absolute atomic E-state index is 3.58. The molecule has 0 aliphatic carbocycles. The van der Waals surface area contributed by atoms with Gasteiger partial charge in [-0.1, -0.05) is 24.8 Å². The van der Waals surface area contributed by atoms with Crippen LogP contribution in [0.5, 0.6) is 0 Å². The molecule has 0 fully saturated rings. The van der Waals surface area contributed by atoms with Crippen molar-refractivity contribution in [1.82, 2.24) is 5.32 Å². The van der Waals surface area contributed by atoms with E-state index in [1.54, 1.807) is 12.2 Å². The Morgan fingerprint density at radius 2 is 2.31 bits per heavy atom. The maximum atomic E-state index is 3.58. The van der Waals surface area contributed by atoms with E-state index in [9.17, 15) is 0 Å². The topological polar surface area (TPSA) is 12.0 Å². The molecule has 1 rings (SSSR count). The molecule has 1 nitrogen and oxygen atoms in total. The van der Waals surface area contributed by atoms with Gasteiger partial charge in [-0.25, -0.2) is 0 Å². The molecule has 0 atom stereocenters. The Balaban J connectivity index is 0.00000144. The van der Waals surface area contributed by atoms with Gasteiger partial charge in [-0.3, -0.25) is 0 Å². The second kappa shape index (κ2) is 7.05. The molecule has 0 aromatic heterocycles. The van der Waals surface area contributed by atoms with Gasteiger partial charge < -0.3 is 5.32 Å². The van der Waals surface area contributed by atoms with Crippen molar-refractivity contribution in [2.45, 2.75) is 6.92 Å². The van der Waals surface area contributed by atoms with Gasteiger partial charge in [0.1, 0.15) is 0 Å². The molecule has 0 aromatic rings. The third-order valence-electron chi connectivity index (χ3n) is 1.53. The van der Waals surface area contributed by atoms with Gasteiger partial charge in [0, 0.05) is 32.7 Å². The molecular formula is C11H12NY-. The van der Waals surface area contributed by atoms with Crippen molar-refractivity contribution in [3.8, 4) is 0 Å². The van der Waals surface area contributed by atoms with Crippen LogP contribution in [-0.4, -0.2) is 0 Å². The Kier molecular flexibility index (Phi) is 6.84. The van der Waals surface area contributed by atoms with Crippen molar-refractivity contribution in [1.29, 1.82) is 0 Å². The zero-order valence-electron chi connectivity index (χ0n) is 7.75. The molecule has 0 aromatic carbocycles. The summed E-state index contributed by atoms with van der Waals surface area (Å²) in [5.41, 5.74) is 2.16. The molecule has 1 N–H and O–H groups in total. The molecule has 0 unspecified atom stereocenters. The van der Waals surface area contributed by atoms with Crippen molar-refractivity contribution < 1.29 is 32.7 Å². The van der Waals surface area contributed by atoms with E-state index in [-0.39, 0.29) is 32.7 Å². The molecule has 1 aliphatic rings. The van der Waals surface area contributed by atoms with Gasteiger partial charge in [0.15, 0.2) is 0 Å². The molecule has 65 valence electrons. The zero-order chi connectivity index (χ0) is 8.81. The maximum Gasteiger partial charge on any atom is 0 e. The predicted molar refractivity (Wildman–Crippen MR) is 52.1 cm³/mol. The number of rotatable bonds is 2. The summed E-state index contributed by atoms with van der Waals surface area (Å²) in [6, 6.07) is 0. The predicted octanol–water partition coefficient (Wildman–Crippen LogP) is 2.48. The smallest absolute Gasteiger partial charge is 0 e. The first kappa shape index (κ1) is 12.6. The second-order valence-corrected chi connectivity index (χ2v) is 2.45. The Morgan fingerprint density at radius 1 is 1.54 bits per heavy atom. The van der Waals surface area contributed by atoms with Crippen molar-refractivity contribution >= 4 is 0 Å². The number of nitrogens with one attached hydrogen (secondary N) is 1. The first-order chi connectivity index (χ1) is 5.84. The number of dihydropyridines is 1. The van der Waals surface area contributed by atoms with Gasteiger partial charge >= 0.3 is 0 Å². The monoisotopic (exact) mass is 247 g/mol. The summed E-state index contributed by atoms with van der Waals surface area (Å²) in [6.45, 7) is 5.59. The third kappa shape index (κ3) is 4.40. The fourth-order valence-electron chi connectivity index (χ4n) is 0.888. The van der Waals surface area contributed by atoms with Crippen molar-refractivity contribution in [3.63, 3.8) is 0 Å². The molecule has 0 bridgehead atoms. The largest absolute Gasteiger partial charge is 0.413 e. The van der Waals surface area contributed by atoms with Crippen LogP contribution in [0.15, 0.2) is 54.4 Å². The van der Waals surface area contributed by atoms with Gasteiger partial charge in [-0.2, -0.15) is 24.8 Å². The second-order valence-electron chi connectivity index (χ2n) is 2.45. The Bertz CT molecular complexity index is 282. The average Bonchev–Trinajstić information content (AvgIpc) is 2.15. The summed E-state index contributed by atoms with van der Waals surface area (Å²) in [7, 11) is 0. The third-order valence-corrected chi connectivity index (χ3v) is 1.53. The van der Waals surface area contributed by atoms with Crippen LogP contribution >= 0.6 is 0 Å². The summed E-state index contributed by atoms with van der Waals surface area (Å²) in [5, 5.41) is 3.12. The van der Waals surface area contributed by atoms with E-state index in [1.165, 1.54) is 0 Å². The fourth-order valence-corrected chi connectivity index (χ4v) is 0.888. The Hall–Kier alpha value is -0.396. The molecule has 0 amide bonds. The van der Waals surface area contributed by atoms with E-state index in [0.717, 1.165) is 11.3 Å². The minimum absolute atomic E-state index is 0.